The van der Waals surface area contributed by atoms with E-state index in [-0.39, 0.29) is 62.8 Å². The van der Waals surface area contributed by atoms with Crippen LogP contribution in [0.5, 0.6) is 5.75 Å². The first-order valence-electron chi connectivity index (χ1n) is 30.7. The molecule has 0 saturated carbocycles. The van der Waals surface area contributed by atoms with E-state index in [0.717, 1.165) is 0 Å². The fourth-order valence-corrected chi connectivity index (χ4v) is 10.7. The van der Waals surface area contributed by atoms with E-state index in [0.29, 0.717) is 51.7 Å². The number of benzene rings is 5. The maximum absolute atomic E-state index is 15.0. The maximum atomic E-state index is 15.0. The van der Waals surface area contributed by atoms with E-state index in [1.165, 1.54) is 24.0 Å². The molecule has 0 spiro atoms. The molecule has 95 heavy (non-hydrogen) atoms. The Bertz CT molecular complexity index is 3640. The number of phenolic OH excluding ortho intramolecular Hbond substituents is 1. The number of para-hydroxylation sites is 1. The Morgan fingerprint density at radius 3 is 1.72 bits per heavy atom. The molecule has 9 N–H and O–H groups in total. The van der Waals surface area contributed by atoms with Gasteiger partial charge in [0, 0.05) is 49.3 Å². The molecule has 508 valence electrons. The van der Waals surface area contributed by atoms with Crippen molar-refractivity contribution in [3.63, 3.8) is 0 Å². The zero-order chi connectivity index (χ0) is 69.4. The number of nitrogens with zero attached hydrogens (tertiary/aromatic N) is 1. The summed E-state index contributed by atoms with van der Waals surface area (Å²) >= 11 is 0. The fraction of sp³-hybridized carbons (Fsp3) is 0.397. The highest BCUT2D eigenvalue weighted by Crippen LogP contribution is 2.37. The molecule has 7 atom stereocenters. The average Bonchev–Trinajstić information content (AvgIpc) is 1.79. The van der Waals surface area contributed by atoms with Crippen molar-refractivity contribution in [3.05, 3.63) is 173 Å². The predicted molar refractivity (Wildman–Crippen MR) is 336 cm³/mol. The second-order valence-electron chi connectivity index (χ2n) is 24.6. The minimum absolute atomic E-state index is 0.0239. The van der Waals surface area contributed by atoms with Crippen LogP contribution in [0.4, 0.5) is 31.1 Å². The van der Waals surface area contributed by atoms with Gasteiger partial charge in [0.2, 0.25) is 41.4 Å². The van der Waals surface area contributed by atoms with Crippen LogP contribution < -0.4 is 37.2 Å². The van der Waals surface area contributed by atoms with Gasteiger partial charge in [-0.05, 0) is 117 Å². The SMILES string of the molecule is CC(C)C[C@H](NC(=O)[C@@H]1CCCN1C(=O)[C@@H](Cc1ccccc1)NC(=O)[C@H](Cc1ccccc1)NC(=O)CNC(=O)[C@@H](C)NC(=O)[C@H](Cc1ccc(O)cc1)NC(=O)OC(C)(C)C)C(=O)N[C@@H](Cc1c[nH]c2ccccc12)C(=O)OCc1cc(C(F)(F)F)cc(C(F)(F)F)c1. The number of alkyl carbamates (subject to hydrolysis) is 1. The number of carbonyl (C=O) groups is 9. The molecule has 0 bridgehead atoms. The number of halogens is 6. The number of alkyl halides is 6. The Morgan fingerprint density at radius 1 is 0.589 bits per heavy atom. The van der Waals surface area contributed by atoms with Crippen molar-refractivity contribution in [1.29, 1.82) is 0 Å². The number of H-pyrrole nitrogens is 1. The van der Waals surface area contributed by atoms with Gasteiger partial charge in [-0.1, -0.05) is 105 Å². The second-order valence-corrected chi connectivity index (χ2v) is 24.6. The van der Waals surface area contributed by atoms with Gasteiger partial charge in [0.1, 0.15) is 60.3 Å². The number of esters is 1. The van der Waals surface area contributed by atoms with Crippen LogP contribution in [0.3, 0.4) is 0 Å². The van der Waals surface area contributed by atoms with Gasteiger partial charge in [0.25, 0.3) is 0 Å². The minimum atomic E-state index is -5.19. The molecule has 0 aliphatic carbocycles. The van der Waals surface area contributed by atoms with Crippen molar-refractivity contribution in [1.82, 2.24) is 47.1 Å². The molecule has 0 radical (unpaired) electrons. The summed E-state index contributed by atoms with van der Waals surface area (Å²) in [4.78, 5) is 131. The van der Waals surface area contributed by atoms with Gasteiger partial charge < -0.3 is 61.7 Å². The van der Waals surface area contributed by atoms with Crippen molar-refractivity contribution in [2.24, 2.45) is 5.92 Å². The Kier molecular flexibility index (Phi) is 24.6. The van der Waals surface area contributed by atoms with E-state index in [2.05, 4.69) is 42.2 Å². The summed E-state index contributed by atoms with van der Waals surface area (Å²) in [5.74, 6) is -7.20. The molecule has 5 aromatic carbocycles. The van der Waals surface area contributed by atoms with Crippen molar-refractivity contribution < 1.29 is 84.1 Å². The number of aromatic nitrogens is 1. The van der Waals surface area contributed by atoms with Gasteiger partial charge in [-0.3, -0.25) is 33.6 Å². The van der Waals surface area contributed by atoms with E-state index in [1.807, 2.05) is 0 Å². The Balaban J connectivity index is 1.05. The van der Waals surface area contributed by atoms with Crippen LogP contribution in [0.1, 0.15) is 99.7 Å². The number of hydrogen-bond acceptors (Lipinski definition) is 12. The highest BCUT2D eigenvalue weighted by atomic mass is 19.4. The molecule has 1 aliphatic rings. The lowest BCUT2D eigenvalue weighted by Crippen LogP contribution is -2.59. The number of hydrogen-bond donors (Lipinski definition) is 9. The molecule has 1 fully saturated rings. The molecule has 1 aromatic heterocycles. The van der Waals surface area contributed by atoms with Gasteiger partial charge in [-0.15, -0.1) is 0 Å². The van der Waals surface area contributed by atoms with Gasteiger partial charge in [-0.2, -0.15) is 26.3 Å². The van der Waals surface area contributed by atoms with Crippen LogP contribution in [0.15, 0.2) is 134 Å². The minimum Gasteiger partial charge on any atom is -0.508 e. The van der Waals surface area contributed by atoms with Crippen LogP contribution in [0.2, 0.25) is 0 Å². The molecule has 1 aliphatic heterocycles. The summed E-state index contributed by atoms with van der Waals surface area (Å²) in [5.41, 5.74) is -1.95. The Labute approximate surface area is 544 Å². The van der Waals surface area contributed by atoms with Gasteiger partial charge >= 0.3 is 24.4 Å². The summed E-state index contributed by atoms with van der Waals surface area (Å²) in [5, 5.41) is 28.7. The zero-order valence-corrected chi connectivity index (χ0v) is 53.0. The van der Waals surface area contributed by atoms with Crippen LogP contribution in [0, 0.1) is 5.92 Å². The molecule has 0 unspecified atom stereocenters. The van der Waals surface area contributed by atoms with Gasteiger partial charge in [0.15, 0.2) is 0 Å². The molecule has 27 heteroatoms. The number of amides is 8. The smallest absolute Gasteiger partial charge is 0.416 e. The fourth-order valence-electron chi connectivity index (χ4n) is 10.7. The molecule has 6 aromatic rings. The Morgan fingerprint density at radius 2 is 1.13 bits per heavy atom. The second kappa shape index (κ2) is 32.3. The molecule has 8 amide bonds. The monoisotopic (exact) mass is 1330 g/mol. The van der Waals surface area contributed by atoms with Crippen molar-refractivity contribution in [2.45, 2.75) is 153 Å². The number of likely N-dealkylation sites (tertiary alicyclic amines) is 1. The number of aromatic amines is 1. The quantitative estimate of drug-likeness (QED) is 0.0180. The summed E-state index contributed by atoms with van der Waals surface area (Å²) < 4.78 is 93.4. The normalized spacial score (nSPS) is 15.3. The van der Waals surface area contributed by atoms with Crippen molar-refractivity contribution >= 4 is 64.3 Å². The molecular formula is C68H77F6N9O12. The topological polar surface area (TPSA) is 296 Å². The third-order valence-electron chi connectivity index (χ3n) is 15.3. The van der Waals surface area contributed by atoms with Crippen molar-refractivity contribution in [3.8, 4) is 5.75 Å². The lowest BCUT2D eigenvalue weighted by Gasteiger charge is -2.31. The Hall–Kier alpha value is -9.95. The third-order valence-corrected chi connectivity index (χ3v) is 15.3. The first kappa shape index (κ1) is 72.5. The summed E-state index contributed by atoms with van der Waals surface area (Å²) in [6.45, 7) is 8.03. The predicted octanol–water partition coefficient (Wildman–Crippen LogP) is 7.42. The van der Waals surface area contributed by atoms with E-state index in [9.17, 15) is 69.8 Å². The summed E-state index contributed by atoms with van der Waals surface area (Å²) in [6, 6.07) is 21.2. The first-order chi connectivity index (χ1) is 44.8. The zero-order valence-electron chi connectivity index (χ0n) is 53.0. The number of rotatable bonds is 27. The largest absolute Gasteiger partial charge is 0.508 e. The van der Waals surface area contributed by atoms with Crippen LogP contribution >= 0.6 is 0 Å². The average molecular weight is 1330 g/mol. The number of fused-ring (bicyclic) bond motifs is 1. The van der Waals surface area contributed by atoms with E-state index in [4.69, 9.17) is 9.47 Å². The summed E-state index contributed by atoms with van der Waals surface area (Å²) in [7, 11) is 0. The van der Waals surface area contributed by atoms with E-state index < -0.39 is 144 Å². The summed E-state index contributed by atoms with van der Waals surface area (Å²) in [6.07, 6.45) is -9.92. The van der Waals surface area contributed by atoms with Crippen LogP contribution in [-0.2, 0) is 92.5 Å². The standard InChI is InChI=1S/C68H77F6N9O12/c1-39(2)28-51(60(88)81-55(34-45-36-75-50-21-14-13-20-49(45)50)64(92)94-38-44-29-46(67(69,70)71)35-47(30-44)68(72,73)74)79-62(90)56-22-15-27-83(56)63(91)54(33-42-18-11-8-12-19-42)80-61(89)52(31-41-16-9-7-10-17-41)78-57(85)37-76-58(86)40(3)77-59(87)53(82-65(93)95-66(4,5)6)32-43-23-25-48(84)26-24-43/h7-14,16-21,23-26,29-30,35-36,39-40,51-56,75,84H,15,22,27-28,31-34,37-38H2,1-6H3,(H,76,86)(H,77,87)(H,78,85)(H,79,90)(H,80,89)(H,81,88)(H,82,93)/t40-,51+,52+,53+,54-,55+,56+/m1/s1. The van der Waals surface area contributed by atoms with Crippen LogP contribution in [-0.4, -0.2) is 129 Å². The number of phenols is 1. The molecule has 7 rings (SSSR count). The van der Waals surface area contributed by atoms with Gasteiger partial charge in [-0.25, -0.2) is 9.59 Å². The lowest BCUT2D eigenvalue weighted by atomic mass is 10.00. The van der Waals surface area contributed by atoms with Crippen molar-refractivity contribution in [2.75, 3.05) is 13.1 Å². The molecule has 1 saturated heterocycles. The molecule has 2 heterocycles. The number of aromatic hydroxyl groups is 1. The number of ether oxygens (including phenoxy) is 2. The highest BCUT2D eigenvalue weighted by Gasteiger charge is 2.42. The van der Waals surface area contributed by atoms with Gasteiger partial charge in [0.05, 0.1) is 17.7 Å². The van der Waals surface area contributed by atoms with E-state index in [1.54, 1.807) is 138 Å². The third kappa shape index (κ3) is 21.8. The highest BCUT2D eigenvalue weighted by molar-refractivity contribution is 5.98. The van der Waals surface area contributed by atoms with E-state index >= 15 is 4.79 Å². The maximum Gasteiger partial charge on any atom is 0.416 e. The molecule has 21 nitrogen and oxygen atoms in total. The first-order valence-corrected chi connectivity index (χ1v) is 30.7. The number of nitrogens with one attached hydrogen (secondary N) is 8. The molecular weight excluding hydrogens is 1250 g/mol. The van der Waals surface area contributed by atoms with Crippen LogP contribution in [0.25, 0.3) is 10.9 Å². The number of carbonyl (C=O) groups excluding carboxylic acids is 9. The lowest BCUT2D eigenvalue weighted by molar-refractivity contribution is -0.149.